The van der Waals surface area contributed by atoms with E-state index in [1.54, 1.807) is 0 Å². The van der Waals surface area contributed by atoms with Crippen molar-refractivity contribution in [1.82, 2.24) is 0 Å². The van der Waals surface area contributed by atoms with Gasteiger partial charge in [-0.15, -0.1) is 11.3 Å². The van der Waals surface area contributed by atoms with Crippen LogP contribution >= 0.6 is 11.3 Å². The number of nitrogens with one attached hydrogen (secondary N) is 1. The molecule has 1 aliphatic heterocycles. The van der Waals surface area contributed by atoms with E-state index in [0.717, 1.165) is 24.2 Å². The van der Waals surface area contributed by atoms with Gasteiger partial charge >= 0.3 is 0 Å². The van der Waals surface area contributed by atoms with E-state index in [1.165, 1.54) is 135 Å². The molecule has 0 bridgehead atoms. The molecule has 4 aliphatic rings. The van der Waals surface area contributed by atoms with Crippen molar-refractivity contribution in [3.05, 3.63) is 160 Å². The molecular formula is C67H72BN2S. The Bertz CT molecular complexity index is 3460. The first kappa shape index (κ1) is 46.5. The summed E-state index contributed by atoms with van der Waals surface area (Å²) in [5.74, 6) is 0. The lowest BCUT2D eigenvalue weighted by atomic mass is 9.54. The molecule has 0 atom stereocenters. The van der Waals surface area contributed by atoms with Gasteiger partial charge in [0.25, 0.3) is 0 Å². The fourth-order valence-electron chi connectivity index (χ4n) is 13.4. The summed E-state index contributed by atoms with van der Waals surface area (Å²) in [4.78, 5) is 2.77. The molecule has 2 heterocycles. The maximum Gasteiger partial charge on any atom is 0.197 e. The summed E-state index contributed by atoms with van der Waals surface area (Å²) >= 11 is 1.95. The molecule has 8 aromatic rings. The van der Waals surface area contributed by atoms with Crippen LogP contribution in [0, 0.1) is 6.92 Å². The smallest absolute Gasteiger partial charge is 0.197 e. The highest BCUT2D eigenvalue weighted by Gasteiger charge is 2.44. The molecule has 12 rings (SSSR count). The van der Waals surface area contributed by atoms with Crippen molar-refractivity contribution in [2.75, 3.05) is 10.2 Å². The molecule has 2 nitrogen and oxygen atoms in total. The van der Waals surface area contributed by atoms with Crippen LogP contribution in [0.5, 0.6) is 0 Å². The fourth-order valence-corrected chi connectivity index (χ4v) is 14.5. The summed E-state index contributed by atoms with van der Waals surface area (Å²) in [5, 5.41) is 6.79. The van der Waals surface area contributed by atoms with Crippen LogP contribution in [0.2, 0.25) is 0 Å². The summed E-state index contributed by atoms with van der Waals surface area (Å²) in [6.45, 7) is 32.1. The first-order valence-electron chi connectivity index (χ1n) is 26.6. The van der Waals surface area contributed by atoms with E-state index in [2.05, 4.69) is 229 Å². The minimum Gasteiger partial charge on any atom is -0.355 e. The van der Waals surface area contributed by atoms with Crippen molar-refractivity contribution in [2.24, 2.45) is 0 Å². The third kappa shape index (κ3) is 7.38. The summed E-state index contributed by atoms with van der Waals surface area (Å²) in [6.07, 6.45) is 7.03. The lowest BCUT2D eigenvalue weighted by Crippen LogP contribution is -2.44. The number of thiophene rings is 1. The first-order valence-corrected chi connectivity index (χ1v) is 27.4. The number of rotatable bonds is 5. The van der Waals surface area contributed by atoms with Crippen molar-refractivity contribution in [1.29, 1.82) is 0 Å². The van der Waals surface area contributed by atoms with E-state index in [4.69, 9.17) is 0 Å². The van der Waals surface area contributed by atoms with Crippen LogP contribution in [-0.2, 0) is 32.5 Å². The van der Waals surface area contributed by atoms with Crippen LogP contribution in [0.3, 0.4) is 0 Å². The summed E-state index contributed by atoms with van der Waals surface area (Å²) < 4.78 is 2.66. The molecule has 0 saturated heterocycles. The molecule has 1 N–H and O–H groups in total. The molecule has 1 aromatic heterocycles. The average molecular weight is 948 g/mol. The number of hydrogen-bond acceptors (Lipinski definition) is 3. The standard InChI is InChI=1S/C67H72BN2S/c1-40-33-47-51(66(10,11)31-27-62(47,2)3)38-55(40)70-56-39-52-49(64(6,7)29-32-67(52,12)13)36-53(56)68-60-46(35-58-59(61(60)70)44-21-17-18-22-57(44)71-58)45-34-48-50(65(8,9)30-28-63(48,4)5)37-54(45)69-43-25-23-42(24-26-43)41-19-15-14-16-20-41/h14-26,33-39,69H,27-32H2,1-13H3. The lowest BCUT2D eigenvalue weighted by Gasteiger charge is -2.46. The van der Waals surface area contributed by atoms with Gasteiger partial charge in [0.05, 0.1) is 5.69 Å². The minimum absolute atomic E-state index is 0.0257. The first-order chi connectivity index (χ1) is 33.5. The maximum absolute atomic E-state index is 4.10. The second-order valence-electron chi connectivity index (χ2n) is 26.1. The molecule has 1 radical (unpaired) electrons. The Balaban J connectivity index is 1.18. The Morgan fingerprint density at radius 3 is 1.56 bits per heavy atom. The van der Waals surface area contributed by atoms with Gasteiger partial charge in [0.2, 0.25) is 0 Å². The van der Waals surface area contributed by atoms with Gasteiger partial charge in [-0.1, -0.05) is 161 Å². The minimum atomic E-state index is 0.0257. The maximum atomic E-state index is 4.10. The monoisotopic (exact) mass is 948 g/mol. The van der Waals surface area contributed by atoms with Crippen molar-refractivity contribution in [3.63, 3.8) is 0 Å². The number of hydrogen-bond donors (Lipinski definition) is 1. The molecule has 7 aromatic carbocycles. The quantitative estimate of drug-likeness (QED) is 0.173. The zero-order valence-corrected chi connectivity index (χ0v) is 45.5. The van der Waals surface area contributed by atoms with E-state index in [1.807, 2.05) is 11.3 Å². The van der Waals surface area contributed by atoms with E-state index in [0.29, 0.717) is 0 Å². The Kier molecular flexibility index (Phi) is 10.3. The Labute approximate surface area is 429 Å². The third-order valence-electron chi connectivity index (χ3n) is 18.4. The van der Waals surface area contributed by atoms with Gasteiger partial charge in [0.1, 0.15) is 0 Å². The molecule has 0 saturated carbocycles. The predicted molar refractivity (Wildman–Crippen MR) is 310 cm³/mol. The largest absolute Gasteiger partial charge is 0.355 e. The summed E-state index contributed by atoms with van der Waals surface area (Å²) in [5.41, 5.74) is 24.4. The number of aryl methyl sites for hydroxylation is 1. The number of nitrogens with zero attached hydrogens (tertiary/aromatic N) is 1. The summed E-state index contributed by atoms with van der Waals surface area (Å²) in [7, 11) is 2.61. The molecule has 0 unspecified atom stereocenters. The van der Waals surface area contributed by atoms with Crippen LogP contribution in [0.15, 0.2) is 121 Å². The summed E-state index contributed by atoms with van der Waals surface area (Å²) in [6, 6.07) is 47.2. The van der Waals surface area contributed by atoms with E-state index in [-0.39, 0.29) is 32.5 Å². The zero-order valence-electron chi connectivity index (χ0n) is 44.7. The highest BCUT2D eigenvalue weighted by molar-refractivity contribution is 7.26. The normalized spacial score (nSPS) is 19.5. The highest BCUT2D eigenvalue weighted by Crippen LogP contribution is 2.55. The van der Waals surface area contributed by atoms with Crippen LogP contribution in [0.4, 0.5) is 28.4 Å². The van der Waals surface area contributed by atoms with Gasteiger partial charge in [-0.05, 0) is 188 Å². The molecule has 0 amide bonds. The van der Waals surface area contributed by atoms with Crippen molar-refractivity contribution < 1.29 is 0 Å². The van der Waals surface area contributed by atoms with E-state index >= 15 is 0 Å². The van der Waals surface area contributed by atoms with E-state index in [9.17, 15) is 0 Å². The average Bonchev–Trinajstić information content (AvgIpc) is 3.71. The Hall–Kier alpha value is -5.58. The number of anilines is 5. The molecule has 359 valence electrons. The van der Waals surface area contributed by atoms with Crippen LogP contribution in [-0.4, -0.2) is 7.28 Å². The molecular weight excluding hydrogens is 876 g/mol. The van der Waals surface area contributed by atoms with Gasteiger partial charge in [-0.2, -0.15) is 0 Å². The lowest BCUT2D eigenvalue weighted by molar-refractivity contribution is 0.331. The molecule has 4 heteroatoms. The zero-order chi connectivity index (χ0) is 49.8. The highest BCUT2D eigenvalue weighted by atomic mass is 32.1. The fraction of sp³-hybridized carbons (Fsp3) is 0.373. The topological polar surface area (TPSA) is 15.3 Å². The second kappa shape index (κ2) is 15.7. The molecule has 0 fully saturated rings. The van der Waals surface area contributed by atoms with Gasteiger partial charge in [-0.25, -0.2) is 0 Å². The van der Waals surface area contributed by atoms with Crippen LogP contribution in [0.25, 0.3) is 42.4 Å². The van der Waals surface area contributed by atoms with E-state index < -0.39 is 0 Å². The Morgan fingerprint density at radius 2 is 0.958 bits per heavy atom. The van der Waals surface area contributed by atoms with Crippen molar-refractivity contribution in [3.8, 4) is 22.3 Å². The predicted octanol–water partition coefficient (Wildman–Crippen LogP) is 17.9. The van der Waals surface area contributed by atoms with Gasteiger partial charge in [0.15, 0.2) is 7.28 Å². The van der Waals surface area contributed by atoms with Crippen LogP contribution in [0.1, 0.15) is 161 Å². The molecule has 71 heavy (non-hydrogen) atoms. The van der Waals surface area contributed by atoms with Crippen molar-refractivity contribution in [2.45, 2.75) is 161 Å². The van der Waals surface area contributed by atoms with Crippen LogP contribution < -0.4 is 21.1 Å². The van der Waals surface area contributed by atoms with Gasteiger partial charge in [-0.3, -0.25) is 0 Å². The third-order valence-corrected chi connectivity index (χ3v) is 19.5. The van der Waals surface area contributed by atoms with Gasteiger partial charge in [0, 0.05) is 48.5 Å². The second-order valence-corrected chi connectivity index (χ2v) is 27.2. The van der Waals surface area contributed by atoms with Gasteiger partial charge < -0.3 is 10.2 Å². The SMILES string of the molecule is Cc1cc2c(cc1N1c3cc4c(cc3[B]c3c(-c5cc6c(cc5Nc5ccc(-c7ccccc7)cc5)C(C)(C)CCC6(C)C)cc5sc6ccccc6c5c31)C(C)(C)CCC4(C)C)C(C)(C)CCC2(C)C. The Morgan fingerprint density at radius 1 is 0.465 bits per heavy atom. The van der Waals surface area contributed by atoms with Crippen molar-refractivity contribution >= 4 is 78.2 Å². The number of benzene rings is 7. The molecule has 0 spiro atoms. The number of fused-ring (bicyclic) bond motifs is 9. The molecule has 3 aliphatic carbocycles.